The summed E-state index contributed by atoms with van der Waals surface area (Å²) in [5.74, 6) is 0.346. The van der Waals surface area contributed by atoms with Crippen LogP contribution in [0.1, 0.15) is 26.0 Å². The Morgan fingerprint density at radius 2 is 2.28 bits per heavy atom. The molecule has 1 heterocycles. The molecule has 0 saturated heterocycles. The summed E-state index contributed by atoms with van der Waals surface area (Å²) in [6.45, 7) is 5.01. The molecule has 0 aliphatic heterocycles. The lowest BCUT2D eigenvalue weighted by Gasteiger charge is -2.21. The average molecular weight is 247 g/mol. The maximum atomic E-state index is 11.5. The molecule has 0 aliphatic rings. The largest absolute Gasteiger partial charge is 0.465 e. The van der Waals surface area contributed by atoms with Crippen molar-refractivity contribution >= 4 is 11.8 Å². The van der Waals surface area contributed by atoms with Gasteiger partial charge < -0.3 is 9.64 Å². The average Bonchev–Trinajstić information content (AvgIpc) is 2.38. The summed E-state index contributed by atoms with van der Waals surface area (Å²) in [6.07, 6.45) is 0.887. The van der Waals surface area contributed by atoms with Crippen LogP contribution in [0.3, 0.4) is 0 Å². The molecule has 0 bridgehead atoms. The minimum atomic E-state index is -0.282. The Morgan fingerprint density at radius 3 is 2.89 bits per heavy atom. The number of carbonyl (C=O) groups is 1. The number of ether oxygens (including phenoxy) is 1. The Bertz CT molecular complexity index is 440. The summed E-state index contributed by atoms with van der Waals surface area (Å²) >= 11 is 0. The molecule has 96 valence electrons. The van der Waals surface area contributed by atoms with Gasteiger partial charge in [0.1, 0.15) is 24.1 Å². The Morgan fingerprint density at radius 1 is 1.50 bits per heavy atom. The lowest BCUT2D eigenvalue weighted by Crippen LogP contribution is -2.32. The molecule has 0 unspecified atom stereocenters. The first-order chi connectivity index (χ1) is 8.71. The van der Waals surface area contributed by atoms with E-state index in [1.54, 1.807) is 25.1 Å². The smallest absolute Gasteiger partial charge is 0.325 e. The second kappa shape index (κ2) is 7.28. The zero-order valence-corrected chi connectivity index (χ0v) is 10.7. The molecule has 5 nitrogen and oxygen atoms in total. The molecule has 1 rings (SSSR count). The van der Waals surface area contributed by atoms with Crippen molar-refractivity contribution in [1.29, 1.82) is 5.26 Å². The van der Waals surface area contributed by atoms with Crippen LogP contribution in [0, 0.1) is 11.3 Å². The van der Waals surface area contributed by atoms with Crippen molar-refractivity contribution in [1.82, 2.24) is 4.98 Å². The van der Waals surface area contributed by atoms with E-state index < -0.39 is 0 Å². The van der Waals surface area contributed by atoms with Crippen LogP contribution in [0.4, 0.5) is 5.82 Å². The van der Waals surface area contributed by atoms with Crippen molar-refractivity contribution in [3.05, 3.63) is 23.9 Å². The number of nitrogens with zero attached hydrogens (tertiary/aromatic N) is 3. The number of hydrogen-bond donors (Lipinski definition) is 0. The molecule has 0 N–H and O–H groups in total. The third-order valence-electron chi connectivity index (χ3n) is 2.29. The minimum Gasteiger partial charge on any atom is -0.465 e. The van der Waals surface area contributed by atoms with E-state index in [1.165, 1.54) is 0 Å². The quantitative estimate of drug-likeness (QED) is 0.716. The van der Waals surface area contributed by atoms with Gasteiger partial charge in [-0.3, -0.25) is 4.79 Å². The van der Waals surface area contributed by atoms with E-state index in [0.29, 0.717) is 24.7 Å². The Labute approximate surface area is 107 Å². The van der Waals surface area contributed by atoms with Crippen LogP contribution in [-0.4, -0.2) is 30.6 Å². The highest BCUT2D eigenvalue weighted by Crippen LogP contribution is 2.11. The third kappa shape index (κ3) is 4.06. The van der Waals surface area contributed by atoms with Gasteiger partial charge in [-0.25, -0.2) is 4.98 Å². The predicted octanol–water partition coefficient (Wildman–Crippen LogP) is 1.73. The lowest BCUT2D eigenvalue weighted by atomic mass is 10.3. The number of rotatable bonds is 6. The number of carbonyl (C=O) groups excluding carboxylic acids is 1. The standard InChI is InChI=1S/C13H17N3O2/c1-3-8-16(10-13(17)18-4-2)12-7-5-6-11(9-14)15-12/h5-7H,3-4,8,10H2,1-2H3. The summed E-state index contributed by atoms with van der Waals surface area (Å²) in [6, 6.07) is 7.17. The molecule has 5 heteroatoms. The Hall–Kier alpha value is -2.09. The van der Waals surface area contributed by atoms with Gasteiger partial charge in [-0.1, -0.05) is 13.0 Å². The lowest BCUT2D eigenvalue weighted by molar-refractivity contribution is -0.141. The third-order valence-corrected chi connectivity index (χ3v) is 2.29. The molecule has 0 aromatic carbocycles. The van der Waals surface area contributed by atoms with E-state index in [4.69, 9.17) is 10.00 Å². The first kappa shape index (κ1) is 14.0. The van der Waals surface area contributed by atoms with E-state index in [2.05, 4.69) is 4.98 Å². The van der Waals surface area contributed by atoms with Crippen molar-refractivity contribution in [2.75, 3.05) is 24.6 Å². The molecule has 0 aliphatic carbocycles. The van der Waals surface area contributed by atoms with E-state index in [0.717, 1.165) is 6.42 Å². The summed E-state index contributed by atoms with van der Waals surface area (Å²) in [4.78, 5) is 17.5. The number of pyridine rings is 1. The zero-order chi connectivity index (χ0) is 13.4. The highest BCUT2D eigenvalue weighted by molar-refractivity contribution is 5.75. The van der Waals surface area contributed by atoms with E-state index in [-0.39, 0.29) is 12.5 Å². The number of esters is 1. The van der Waals surface area contributed by atoms with Crippen LogP contribution < -0.4 is 4.90 Å². The maximum absolute atomic E-state index is 11.5. The molecule has 1 aromatic heterocycles. The molecule has 0 saturated carbocycles. The summed E-state index contributed by atoms with van der Waals surface area (Å²) in [5, 5.41) is 8.82. The van der Waals surface area contributed by atoms with Crippen LogP contribution in [0.25, 0.3) is 0 Å². The highest BCUT2D eigenvalue weighted by Gasteiger charge is 2.13. The van der Waals surface area contributed by atoms with Crippen molar-refractivity contribution in [2.24, 2.45) is 0 Å². The van der Waals surface area contributed by atoms with Gasteiger partial charge in [-0.05, 0) is 25.5 Å². The van der Waals surface area contributed by atoms with Crippen molar-refractivity contribution in [3.8, 4) is 6.07 Å². The first-order valence-corrected chi connectivity index (χ1v) is 5.99. The zero-order valence-electron chi connectivity index (χ0n) is 10.7. The number of hydrogen-bond acceptors (Lipinski definition) is 5. The van der Waals surface area contributed by atoms with Gasteiger partial charge >= 0.3 is 5.97 Å². The van der Waals surface area contributed by atoms with Crippen LogP contribution >= 0.6 is 0 Å². The summed E-state index contributed by atoms with van der Waals surface area (Å²) in [5.41, 5.74) is 0.345. The summed E-state index contributed by atoms with van der Waals surface area (Å²) in [7, 11) is 0. The van der Waals surface area contributed by atoms with E-state index >= 15 is 0 Å². The monoisotopic (exact) mass is 247 g/mol. The molecule has 18 heavy (non-hydrogen) atoms. The summed E-state index contributed by atoms with van der Waals surface area (Å²) < 4.78 is 4.92. The van der Waals surface area contributed by atoms with Gasteiger partial charge in [0.25, 0.3) is 0 Å². The normalized spacial score (nSPS) is 9.61. The van der Waals surface area contributed by atoms with Crippen LogP contribution in [-0.2, 0) is 9.53 Å². The van der Waals surface area contributed by atoms with Crippen molar-refractivity contribution < 1.29 is 9.53 Å². The molecular weight excluding hydrogens is 230 g/mol. The van der Waals surface area contributed by atoms with E-state index in [9.17, 15) is 4.79 Å². The molecular formula is C13H17N3O2. The highest BCUT2D eigenvalue weighted by atomic mass is 16.5. The molecule has 0 spiro atoms. The van der Waals surface area contributed by atoms with Gasteiger partial charge in [0.05, 0.1) is 6.61 Å². The Balaban J connectivity index is 2.83. The number of nitriles is 1. The van der Waals surface area contributed by atoms with Gasteiger partial charge in [-0.2, -0.15) is 5.26 Å². The topological polar surface area (TPSA) is 66.2 Å². The fraction of sp³-hybridized carbons (Fsp3) is 0.462. The molecule has 0 atom stereocenters. The maximum Gasteiger partial charge on any atom is 0.325 e. The number of anilines is 1. The fourth-order valence-corrected chi connectivity index (χ4v) is 1.57. The van der Waals surface area contributed by atoms with Gasteiger partial charge in [0.2, 0.25) is 0 Å². The fourth-order valence-electron chi connectivity index (χ4n) is 1.57. The predicted molar refractivity (Wildman–Crippen MR) is 68.1 cm³/mol. The second-order valence-electron chi connectivity index (χ2n) is 3.72. The molecule has 0 fully saturated rings. The van der Waals surface area contributed by atoms with Crippen LogP contribution in [0.15, 0.2) is 18.2 Å². The Kier molecular flexibility index (Phi) is 5.65. The van der Waals surface area contributed by atoms with E-state index in [1.807, 2.05) is 17.9 Å². The van der Waals surface area contributed by atoms with Gasteiger partial charge in [0.15, 0.2) is 0 Å². The van der Waals surface area contributed by atoms with Crippen LogP contribution in [0.2, 0.25) is 0 Å². The molecule has 1 aromatic rings. The van der Waals surface area contributed by atoms with Gasteiger partial charge in [0, 0.05) is 6.54 Å². The van der Waals surface area contributed by atoms with Crippen molar-refractivity contribution in [2.45, 2.75) is 20.3 Å². The molecule has 0 radical (unpaired) electrons. The van der Waals surface area contributed by atoms with Gasteiger partial charge in [-0.15, -0.1) is 0 Å². The SMILES string of the molecule is CCCN(CC(=O)OCC)c1cccc(C#N)n1. The molecule has 0 amide bonds. The number of aromatic nitrogens is 1. The second-order valence-corrected chi connectivity index (χ2v) is 3.72. The first-order valence-electron chi connectivity index (χ1n) is 5.99. The van der Waals surface area contributed by atoms with Crippen LogP contribution in [0.5, 0.6) is 0 Å². The minimum absolute atomic E-state index is 0.156. The van der Waals surface area contributed by atoms with Crippen molar-refractivity contribution in [3.63, 3.8) is 0 Å².